The highest BCUT2D eigenvalue weighted by atomic mass is 16.3. The maximum atomic E-state index is 10.9. The van der Waals surface area contributed by atoms with Crippen molar-refractivity contribution in [3.8, 4) is 0 Å². The molecule has 1 atom stereocenters. The molecule has 3 rings (SSSR count). The maximum Gasteiger partial charge on any atom is 0.135 e. The van der Waals surface area contributed by atoms with Crippen molar-refractivity contribution in [2.75, 3.05) is 18.0 Å². The summed E-state index contributed by atoms with van der Waals surface area (Å²) in [4.78, 5) is 6.46. The lowest BCUT2D eigenvalue weighted by Gasteiger charge is -2.40. The molecule has 6 nitrogen and oxygen atoms in total. The van der Waals surface area contributed by atoms with E-state index in [1.54, 1.807) is 6.33 Å². The largest absolute Gasteiger partial charge is 0.388 e. The number of aryl methyl sites for hydroxylation is 2. The first kappa shape index (κ1) is 14.0. The minimum Gasteiger partial charge on any atom is -0.388 e. The van der Waals surface area contributed by atoms with E-state index in [0.29, 0.717) is 13.0 Å². The first-order valence-electron chi connectivity index (χ1n) is 7.29. The lowest BCUT2D eigenvalue weighted by atomic mass is 9.89. The summed E-state index contributed by atoms with van der Waals surface area (Å²) >= 11 is 0. The van der Waals surface area contributed by atoms with Gasteiger partial charge >= 0.3 is 0 Å². The van der Waals surface area contributed by atoms with Crippen LogP contribution in [-0.2, 0) is 13.5 Å². The van der Waals surface area contributed by atoms with Crippen LogP contribution in [0, 0.1) is 6.92 Å². The van der Waals surface area contributed by atoms with Crippen LogP contribution in [0.2, 0.25) is 0 Å². The zero-order valence-corrected chi connectivity index (χ0v) is 12.5. The number of aromatic nitrogens is 4. The molecule has 2 aromatic rings. The predicted molar refractivity (Wildman–Crippen MR) is 80.1 cm³/mol. The van der Waals surface area contributed by atoms with Crippen molar-refractivity contribution in [1.82, 2.24) is 19.7 Å². The van der Waals surface area contributed by atoms with Crippen molar-refractivity contribution in [1.29, 1.82) is 0 Å². The van der Waals surface area contributed by atoms with Gasteiger partial charge in [0.05, 0.1) is 5.60 Å². The van der Waals surface area contributed by atoms with E-state index in [0.717, 1.165) is 36.6 Å². The van der Waals surface area contributed by atoms with Crippen LogP contribution in [-0.4, -0.2) is 43.5 Å². The van der Waals surface area contributed by atoms with Crippen LogP contribution < -0.4 is 4.90 Å². The second kappa shape index (κ2) is 5.44. The van der Waals surface area contributed by atoms with Gasteiger partial charge in [-0.05, 0) is 31.9 Å². The fourth-order valence-corrected chi connectivity index (χ4v) is 2.97. The Morgan fingerprint density at radius 1 is 1.43 bits per heavy atom. The van der Waals surface area contributed by atoms with Gasteiger partial charge in [-0.2, -0.15) is 0 Å². The number of pyridine rings is 1. The molecule has 112 valence electrons. The lowest BCUT2D eigenvalue weighted by Crippen LogP contribution is -2.50. The minimum atomic E-state index is -0.754. The lowest BCUT2D eigenvalue weighted by molar-refractivity contribution is 0.0238. The first-order valence-corrected chi connectivity index (χ1v) is 7.29. The van der Waals surface area contributed by atoms with E-state index >= 15 is 0 Å². The Morgan fingerprint density at radius 3 is 3.00 bits per heavy atom. The molecule has 1 aliphatic heterocycles. The quantitative estimate of drug-likeness (QED) is 0.915. The summed E-state index contributed by atoms with van der Waals surface area (Å²) in [6, 6.07) is 4.06. The molecule has 1 aliphatic rings. The molecule has 0 amide bonds. The third kappa shape index (κ3) is 3.05. The Hall–Kier alpha value is -1.95. The molecule has 1 saturated heterocycles. The number of piperidine rings is 1. The van der Waals surface area contributed by atoms with E-state index in [-0.39, 0.29) is 0 Å². The predicted octanol–water partition coefficient (Wildman–Crippen LogP) is 1.09. The maximum absolute atomic E-state index is 10.9. The fourth-order valence-electron chi connectivity index (χ4n) is 2.97. The number of anilines is 1. The van der Waals surface area contributed by atoms with Crippen molar-refractivity contribution in [3.63, 3.8) is 0 Å². The number of nitrogens with zero attached hydrogens (tertiary/aromatic N) is 5. The van der Waals surface area contributed by atoms with E-state index in [1.807, 2.05) is 30.8 Å². The highest BCUT2D eigenvalue weighted by molar-refractivity contribution is 5.47. The third-order valence-corrected chi connectivity index (χ3v) is 4.09. The summed E-state index contributed by atoms with van der Waals surface area (Å²) in [5.74, 6) is 0.824. The van der Waals surface area contributed by atoms with E-state index in [2.05, 4.69) is 26.1 Å². The summed E-state index contributed by atoms with van der Waals surface area (Å²) < 4.78 is 1.87. The zero-order chi connectivity index (χ0) is 14.9. The molecule has 0 radical (unpaired) electrons. The molecule has 1 N–H and O–H groups in total. The normalized spacial score (nSPS) is 22.5. The molecule has 0 aromatic carbocycles. The fraction of sp³-hybridized carbons (Fsp3) is 0.533. The highest BCUT2D eigenvalue weighted by Gasteiger charge is 2.35. The van der Waals surface area contributed by atoms with Gasteiger partial charge in [0.1, 0.15) is 12.2 Å². The van der Waals surface area contributed by atoms with E-state index in [1.165, 1.54) is 0 Å². The molecular formula is C15H21N5O. The van der Waals surface area contributed by atoms with Crippen LogP contribution in [0.15, 0.2) is 24.7 Å². The molecule has 1 fully saturated rings. The Kier molecular flexibility index (Phi) is 3.63. The summed E-state index contributed by atoms with van der Waals surface area (Å²) in [5.41, 5.74) is 1.37. The number of rotatable bonds is 3. The van der Waals surface area contributed by atoms with Crippen molar-refractivity contribution in [3.05, 3.63) is 36.2 Å². The summed E-state index contributed by atoms with van der Waals surface area (Å²) in [5, 5.41) is 18.9. The average molecular weight is 287 g/mol. The molecule has 0 spiro atoms. The van der Waals surface area contributed by atoms with Gasteiger partial charge in [-0.25, -0.2) is 0 Å². The Bertz CT molecular complexity index is 626. The van der Waals surface area contributed by atoms with Gasteiger partial charge in [-0.15, -0.1) is 10.2 Å². The number of hydrogen-bond donors (Lipinski definition) is 1. The SMILES string of the molecule is Cc1cc(N2CCCC(O)(Cc3nncn3C)C2)ccn1. The second-order valence-corrected chi connectivity index (χ2v) is 5.94. The standard InChI is InChI=1S/C15H21N5O/c1-12-8-13(4-6-16-12)20-7-3-5-15(21,10-20)9-14-18-17-11-19(14)2/h4,6,8,11,21H,3,5,7,9-10H2,1-2H3. The van der Waals surface area contributed by atoms with Crippen molar-refractivity contribution < 1.29 is 5.11 Å². The molecule has 0 bridgehead atoms. The van der Waals surface area contributed by atoms with Crippen molar-refractivity contribution >= 4 is 5.69 Å². The summed E-state index contributed by atoms with van der Waals surface area (Å²) in [7, 11) is 1.91. The minimum absolute atomic E-state index is 0.532. The third-order valence-electron chi connectivity index (χ3n) is 4.09. The van der Waals surface area contributed by atoms with E-state index in [9.17, 15) is 5.11 Å². The van der Waals surface area contributed by atoms with Gasteiger partial charge in [0.25, 0.3) is 0 Å². The monoisotopic (exact) mass is 287 g/mol. The van der Waals surface area contributed by atoms with Crippen LogP contribution in [0.1, 0.15) is 24.4 Å². The molecule has 0 aliphatic carbocycles. The van der Waals surface area contributed by atoms with Gasteiger partial charge in [0.15, 0.2) is 0 Å². The molecule has 2 aromatic heterocycles. The van der Waals surface area contributed by atoms with Crippen LogP contribution in [0.3, 0.4) is 0 Å². The van der Waals surface area contributed by atoms with Crippen LogP contribution in [0.25, 0.3) is 0 Å². The van der Waals surface area contributed by atoms with E-state index < -0.39 is 5.60 Å². The van der Waals surface area contributed by atoms with Gasteiger partial charge in [-0.3, -0.25) is 4.98 Å². The average Bonchev–Trinajstić information content (AvgIpc) is 2.84. The Morgan fingerprint density at radius 2 is 2.29 bits per heavy atom. The first-order chi connectivity index (χ1) is 10.1. The van der Waals surface area contributed by atoms with Gasteiger partial charge < -0.3 is 14.6 Å². The molecule has 6 heteroatoms. The molecule has 1 unspecified atom stereocenters. The van der Waals surface area contributed by atoms with Gasteiger partial charge in [0.2, 0.25) is 0 Å². The van der Waals surface area contributed by atoms with Crippen LogP contribution >= 0.6 is 0 Å². The van der Waals surface area contributed by atoms with Crippen LogP contribution in [0.4, 0.5) is 5.69 Å². The second-order valence-electron chi connectivity index (χ2n) is 5.94. The number of aliphatic hydroxyl groups is 1. The highest BCUT2D eigenvalue weighted by Crippen LogP contribution is 2.28. The summed E-state index contributed by atoms with van der Waals surface area (Å²) in [6.07, 6.45) is 5.78. The molecule has 3 heterocycles. The zero-order valence-electron chi connectivity index (χ0n) is 12.5. The topological polar surface area (TPSA) is 67.1 Å². The number of β-amino-alcohol motifs (C(OH)–C–C–N with tert-alkyl or cyclic N) is 1. The van der Waals surface area contributed by atoms with Crippen LogP contribution in [0.5, 0.6) is 0 Å². The van der Waals surface area contributed by atoms with E-state index in [4.69, 9.17) is 0 Å². The summed E-state index contributed by atoms with van der Waals surface area (Å²) in [6.45, 7) is 3.56. The number of hydrogen-bond acceptors (Lipinski definition) is 5. The van der Waals surface area contributed by atoms with Gasteiger partial charge in [0, 0.05) is 44.1 Å². The Labute approximate surface area is 124 Å². The molecule has 0 saturated carbocycles. The van der Waals surface area contributed by atoms with Gasteiger partial charge in [-0.1, -0.05) is 0 Å². The van der Waals surface area contributed by atoms with Crippen molar-refractivity contribution in [2.45, 2.75) is 31.8 Å². The molecular weight excluding hydrogens is 266 g/mol. The Balaban J connectivity index is 1.77. The smallest absolute Gasteiger partial charge is 0.135 e. The molecule has 21 heavy (non-hydrogen) atoms. The van der Waals surface area contributed by atoms with Crippen molar-refractivity contribution in [2.24, 2.45) is 7.05 Å².